The molecule has 0 aromatic rings. The SMILES string of the molecule is CC(C)[C@H]1CC2CC([C@@H]1C)C2(C)C(C)C. The molecule has 0 aliphatic heterocycles. The summed E-state index contributed by atoms with van der Waals surface area (Å²) in [6, 6.07) is 0. The Morgan fingerprint density at radius 2 is 1.67 bits per heavy atom. The first kappa shape index (κ1) is 11.5. The zero-order chi connectivity index (χ0) is 11.4. The Labute approximate surface area is 95.8 Å². The van der Waals surface area contributed by atoms with E-state index in [0.717, 1.165) is 35.5 Å². The highest BCUT2D eigenvalue weighted by molar-refractivity contribution is 5.08. The maximum atomic E-state index is 2.56. The largest absolute Gasteiger partial charge is 0.0625 e. The van der Waals surface area contributed by atoms with Crippen molar-refractivity contribution in [2.45, 2.75) is 54.4 Å². The molecule has 0 nitrogen and oxygen atoms in total. The molecule has 0 saturated heterocycles. The monoisotopic (exact) mass is 208 g/mol. The van der Waals surface area contributed by atoms with Crippen molar-refractivity contribution >= 4 is 0 Å². The molecule has 3 saturated carbocycles. The molecule has 5 atom stereocenters. The first-order valence-electron chi connectivity index (χ1n) is 6.89. The highest BCUT2D eigenvalue weighted by Crippen LogP contribution is 2.66. The lowest BCUT2D eigenvalue weighted by Crippen LogP contribution is -2.59. The summed E-state index contributed by atoms with van der Waals surface area (Å²) in [7, 11) is 0. The summed E-state index contributed by atoms with van der Waals surface area (Å²) in [5, 5.41) is 0. The normalized spacial score (nSPS) is 49.6. The molecule has 0 heteroatoms. The number of fused-ring (bicyclic) bond motifs is 2. The Kier molecular flexibility index (Phi) is 2.68. The van der Waals surface area contributed by atoms with Crippen molar-refractivity contribution in [1.82, 2.24) is 0 Å². The van der Waals surface area contributed by atoms with Crippen LogP contribution in [-0.4, -0.2) is 0 Å². The summed E-state index contributed by atoms with van der Waals surface area (Å²) in [5.74, 6) is 5.77. The summed E-state index contributed by atoms with van der Waals surface area (Å²) in [6.45, 7) is 14.8. The number of hydrogen-bond acceptors (Lipinski definition) is 0. The highest BCUT2D eigenvalue weighted by Gasteiger charge is 2.59. The van der Waals surface area contributed by atoms with Gasteiger partial charge in [-0.2, -0.15) is 0 Å². The van der Waals surface area contributed by atoms with Crippen molar-refractivity contribution in [3.63, 3.8) is 0 Å². The molecule has 3 aliphatic rings. The summed E-state index contributed by atoms with van der Waals surface area (Å²) in [5.41, 5.74) is 0.671. The fraction of sp³-hybridized carbons (Fsp3) is 1.00. The molecule has 0 aromatic carbocycles. The van der Waals surface area contributed by atoms with Crippen molar-refractivity contribution < 1.29 is 0 Å². The smallest absolute Gasteiger partial charge is 0.0243 e. The number of rotatable bonds is 2. The fourth-order valence-electron chi connectivity index (χ4n) is 4.71. The minimum Gasteiger partial charge on any atom is -0.0625 e. The summed E-state index contributed by atoms with van der Waals surface area (Å²) in [6.07, 6.45) is 3.03. The highest BCUT2D eigenvalue weighted by atomic mass is 14.6. The molecular weight excluding hydrogens is 180 g/mol. The van der Waals surface area contributed by atoms with Crippen molar-refractivity contribution in [1.29, 1.82) is 0 Å². The lowest BCUT2D eigenvalue weighted by molar-refractivity contribution is -0.173. The maximum absolute atomic E-state index is 2.56. The maximum Gasteiger partial charge on any atom is -0.0243 e. The minimum absolute atomic E-state index is 0.671. The average Bonchev–Trinajstić information content (AvgIpc) is 2.14. The van der Waals surface area contributed by atoms with E-state index in [4.69, 9.17) is 0 Å². The van der Waals surface area contributed by atoms with Crippen LogP contribution in [0.25, 0.3) is 0 Å². The van der Waals surface area contributed by atoms with Crippen LogP contribution in [0.15, 0.2) is 0 Å². The van der Waals surface area contributed by atoms with E-state index in [-0.39, 0.29) is 0 Å². The van der Waals surface area contributed by atoms with Crippen LogP contribution in [-0.2, 0) is 0 Å². The molecule has 0 aromatic heterocycles. The van der Waals surface area contributed by atoms with Crippen LogP contribution in [0.2, 0.25) is 0 Å². The summed E-state index contributed by atoms with van der Waals surface area (Å²) >= 11 is 0. The molecule has 2 bridgehead atoms. The van der Waals surface area contributed by atoms with Gasteiger partial charge in [0.15, 0.2) is 0 Å². The Morgan fingerprint density at radius 1 is 1.07 bits per heavy atom. The van der Waals surface area contributed by atoms with Gasteiger partial charge in [0, 0.05) is 0 Å². The first-order chi connectivity index (χ1) is 6.89. The van der Waals surface area contributed by atoms with E-state index in [1.165, 1.54) is 12.8 Å². The van der Waals surface area contributed by atoms with E-state index in [9.17, 15) is 0 Å². The Morgan fingerprint density at radius 3 is 2.07 bits per heavy atom. The van der Waals surface area contributed by atoms with Gasteiger partial charge in [-0.1, -0.05) is 41.5 Å². The zero-order valence-electron chi connectivity index (χ0n) is 11.4. The van der Waals surface area contributed by atoms with E-state index in [1.807, 2.05) is 0 Å². The van der Waals surface area contributed by atoms with Crippen LogP contribution in [0.5, 0.6) is 0 Å². The van der Waals surface area contributed by atoms with Gasteiger partial charge in [0.2, 0.25) is 0 Å². The van der Waals surface area contributed by atoms with Crippen LogP contribution >= 0.6 is 0 Å². The van der Waals surface area contributed by atoms with Gasteiger partial charge in [0.1, 0.15) is 0 Å². The van der Waals surface area contributed by atoms with E-state index >= 15 is 0 Å². The van der Waals surface area contributed by atoms with Gasteiger partial charge in [0.25, 0.3) is 0 Å². The van der Waals surface area contributed by atoms with Crippen molar-refractivity contribution in [2.75, 3.05) is 0 Å². The minimum atomic E-state index is 0.671. The lowest BCUT2D eigenvalue weighted by Gasteiger charge is -2.66. The molecule has 88 valence electrons. The molecule has 3 rings (SSSR count). The molecule has 3 aliphatic carbocycles. The van der Waals surface area contributed by atoms with E-state index in [0.29, 0.717) is 5.41 Å². The summed E-state index contributed by atoms with van der Waals surface area (Å²) in [4.78, 5) is 0. The summed E-state index contributed by atoms with van der Waals surface area (Å²) < 4.78 is 0. The van der Waals surface area contributed by atoms with Crippen LogP contribution in [0.1, 0.15) is 54.4 Å². The molecule has 0 heterocycles. The van der Waals surface area contributed by atoms with Crippen LogP contribution in [0.3, 0.4) is 0 Å². The molecule has 0 N–H and O–H groups in total. The van der Waals surface area contributed by atoms with Crippen molar-refractivity contribution in [3.8, 4) is 0 Å². The molecule has 15 heavy (non-hydrogen) atoms. The zero-order valence-corrected chi connectivity index (χ0v) is 11.4. The predicted molar refractivity (Wildman–Crippen MR) is 66.7 cm³/mol. The molecule has 0 spiro atoms. The van der Waals surface area contributed by atoms with Crippen LogP contribution in [0, 0.1) is 40.9 Å². The van der Waals surface area contributed by atoms with E-state index in [2.05, 4.69) is 41.5 Å². The van der Waals surface area contributed by atoms with Gasteiger partial charge in [-0.05, 0) is 53.8 Å². The molecular formula is C15H28. The van der Waals surface area contributed by atoms with Crippen molar-refractivity contribution in [2.24, 2.45) is 40.9 Å². The standard InChI is InChI=1S/C15H28/c1-9(2)13-7-12-8-14(11(13)5)15(12,6)10(3)4/h9-14H,7-8H2,1-6H3/t11-,12?,13-,14?,15?/m1/s1. The van der Waals surface area contributed by atoms with Gasteiger partial charge in [-0.15, -0.1) is 0 Å². The quantitative estimate of drug-likeness (QED) is 0.622. The van der Waals surface area contributed by atoms with Gasteiger partial charge >= 0.3 is 0 Å². The fourth-order valence-corrected chi connectivity index (χ4v) is 4.71. The van der Waals surface area contributed by atoms with Gasteiger partial charge in [-0.3, -0.25) is 0 Å². The predicted octanol–water partition coefficient (Wildman–Crippen LogP) is 4.60. The van der Waals surface area contributed by atoms with E-state index < -0.39 is 0 Å². The molecule has 0 amide bonds. The van der Waals surface area contributed by atoms with Gasteiger partial charge < -0.3 is 0 Å². The second kappa shape index (κ2) is 3.50. The first-order valence-corrected chi connectivity index (χ1v) is 6.89. The molecule has 0 radical (unpaired) electrons. The van der Waals surface area contributed by atoms with Crippen molar-refractivity contribution in [3.05, 3.63) is 0 Å². The number of hydrogen-bond donors (Lipinski definition) is 0. The third kappa shape index (κ3) is 1.40. The Hall–Kier alpha value is 0. The lowest BCUT2D eigenvalue weighted by atomic mass is 9.39. The Balaban J connectivity index is 2.16. The van der Waals surface area contributed by atoms with E-state index in [1.54, 1.807) is 0 Å². The van der Waals surface area contributed by atoms with Gasteiger partial charge in [0.05, 0.1) is 0 Å². The molecule has 3 fully saturated rings. The third-order valence-corrected chi connectivity index (χ3v) is 6.18. The second-order valence-corrected chi connectivity index (χ2v) is 7.06. The van der Waals surface area contributed by atoms with Crippen LogP contribution < -0.4 is 0 Å². The average molecular weight is 208 g/mol. The second-order valence-electron chi connectivity index (χ2n) is 7.06. The topological polar surface area (TPSA) is 0 Å². The third-order valence-electron chi connectivity index (χ3n) is 6.18. The molecule has 3 unspecified atom stereocenters. The van der Waals surface area contributed by atoms with Crippen LogP contribution in [0.4, 0.5) is 0 Å². The van der Waals surface area contributed by atoms with Gasteiger partial charge in [-0.25, -0.2) is 0 Å². The Bertz CT molecular complexity index is 240.